The molecule has 0 bridgehead atoms. The fourth-order valence-corrected chi connectivity index (χ4v) is 7.67. The zero-order valence-corrected chi connectivity index (χ0v) is 28.3. The number of amides is 5. The van der Waals surface area contributed by atoms with Gasteiger partial charge in [-0.2, -0.15) is 9.97 Å². The molecule has 7 rings (SSSR count). The Bertz CT molecular complexity index is 1740. The minimum atomic E-state index is -1.47. The van der Waals surface area contributed by atoms with Gasteiger partial charge in [0.15, 0.2) is 17.0 Å². The number of aromatic nitrogens is 4. The van der Waals surface area contributed by atoms with Gasteiger partial charge in [-0.05, 0) is 44.8 Å². The van der Waals surface area contributed by atoms with Crippen molar-refractivity contribution < 1.29 is 34.8 Å². The van der Waals surface area contributed by atoms with Gasteiger partial charge in [-0.15, -0.1) is 0 Å². The number of fused-ring (bicyclic) bond motifs is 1. The highest BCUT2D eigenvalue weighted by atomic mass is 16.3. The number of benzene rings is 1. The van der Waals surface area contributed by atoms with Gasteiger partial charge in [0, 0.05) is 31.7 Å². The molecule has 5 heterocycles. The first-order valence-electron chi connectivity index (χ1n) is 17.4. The van der Waals surface area contributed by atoms with Crippen LogP contribution in [0.1, 0.15) is 30.9 Å². The van der Waals surface area contributed by atoms with Gasteiger partial charge < -0.3 is 56.1 Å². The first-order valence-corrected chi connectivity index (χ1v) is 17.4. The van der Waals surface area contributed by atoms with Crippen LogP contribution in [0.25, 0.3) is 11.2 Å². The largest absolute Gasteiger partial charge is 0.394 e. The second kappa shape index (κ2) is 14.5. The lowest BCUT2D eigenvalue weighted by Gasteiger charge is -2.24. The zero-order chi connectivity index (χ0) is 35.8. The third-order valence-corrected chi connectivity index (χ3v) is 10.4. The molecule has 8 atom stereocenters. The average molecular weight is 708 g/mol. The predicted molar refractivity (Wildman–Crippen MR) is 184 cm³/mol. The van der Waals surface area contributed by atoms with E-state index >= 15 is 0 Å². The second-order valence-electron chi connectivity index (χ2n) is 14.0. The average Bonchev–Trinajstić information content (AvgIpc) is 3.95. The quantitative estimate of drug-likeness (QED) is 0.105. The molecule has 0 unspecified atom stereocenters. The van der Waals surface area contributed by atoms with E-state index in [-0.39, 0.29) is 31.1 Å². The van der Waals surface area contributed by atoms with Gasteiger partial charge in [0.05, 0.1) is 37.7 Å². The Kier molecular flexibility index (Phi) is 9.93. The number of nitrogens with zero attached hydrogens (tertiary/aromatic N) is 7. The van der Waals surface area contributed by atoms with E-state index in [0.717, 1.165) is 30.0 Å². The topological polar surface area (TPSA) is 234 Å². The van der Waals surface area contributed by atoms with E-state index in [1.807, 2.05) is 42.3 Å². The molecule has 3 aliphatic heterocycles. The minimum absolute atomic E-state index is 0.00206. The normalized spacial score (nSPS) is 28.8. The van der Waals surface area contributed by atoms with Crippen molar-refractivity contribution in [2.75, 3.05) is 56.7 Å². The van der Waals surface area contributed by atoms with E-state index in [4.69, 9.17) is 9.97 Å². The first kappa shape index (κ1) is 34.8. The van der Waals surface area contributed by atoms with Crippen molar-refractivity contribution in [1.29, 1.82) is 0 Å². The summed E-state index contributed by atoms with van der Waals surface area (Å²) in [7, 11) is 2.03. The number of likely N-dealkylation sites (tertiary alicyclic amines) is 1. The molecule has 274 valence electrons. The Balaban J connectivity index is 1.16. The summed E-state index contributed by atoms with van der Waals surface area (Å²) in [5.41, 5.74) is 1.70. The highest BCUT2D eigenvalue weighted by Gasteiger charge is 2.52. The summed E-state index contributed by atoms with van der Waals surface area (Å²) >= 11 is 0. The smallest absolute Gasteiger partial charge is 0.325 e. The van der Waals surface area contributed by atoms with E-state index in [0.29, 0.717) is 48.9 Å². The molecule has 0 radical (unpaired) electrons. The number of urea groups is 2. The van der Waals surface area contributed by atoms with E-state index in [9.17, 15) is 34.8 Å². The van der Waals surface area contributed by atoms with Gasteiger partial charge in [0.1, 0.15) is 18.2 Å². The lowest BCUT2D eigenvalue weighted by Crippen LogP contribution is -2.47. The van der Waals surface area contributed by atoms with Crippen molar-refractivity contribution in [3.05, 3.63) is 42.2 Å². The van der Waals surface area contributed by atoms with E-state index < -0.39 is 54.9 Å². The number of carbonyl (C=O) groups excluding carboxylic acids is 3. The van der Waals surface area contributed by atoms with Gasteiger partial charge in [0.2, 0.25) is 5.95 Å². The SMILES string of the molecule is CN1CC[C@@H](NC(=O)N[C@@H]2CCN(c3nc(N[C@H](CO)Cc4ccccc4)c4ncn([C@@H]5C[C@H](N6C(=O)N[C@H](CO)C6=O)[C@@H](O)[C@H]5O)c4n3)C2)C1. The van der Waals surface area contributed by atoms with Crippen LogP contribution in [-0.2, 0) is 11.2 Å². The zero-order valence-electron chi connectivity index (χ0n) is 28.3. The number of imidazole rings is 1. The summed E-state index contributed by atoms with van der Waals surface area (Å²) in [6.45, 7) is 1.94. The first-order chi connectivity index (χ1) is 24.6. The Morgan fingerprint density at radius 3 is 2.41 bits per heavy atom. The molecule has 1 aromatic carbocycles. The monoisotopic (exact) mass is 707 g/mol. The number of hydrogen-bond acceptors (Lipinski definition) is 13. The van der Waals surface area contributed by atoms with Crippen molar-refractivity contribution in [3.63, 3.8) is 0 Å². The molecule has 5 amide bonds. The molecule has 4 fully saturated rings. The number of hydrogen-bond donors (Lipinski definition) is 8. The van der Waals surface area contributed by atoms with Crippen molar-refractivity contribution in [2.45, 2.75) is 74.1 Å². The lowest BCUT2D eigenvalue weighted by molar-refractivity contribution is -0.131. The molecule has 1 aliphatic carbocycles. The van der Waals surface area contributed by atoms with Crippen LogP contribution < -0.4 is 26.2 Å². The Morgan fingerprint density at radius 1 is 1.00 bits per heavy atom. The van der Waals surface area contributed by atoms with Crippen molar-refractivity contribution in [2.24, 2.45) is 0 Å². The summed E-state index contributed by atoms with van der Waals surface area (Å²) in [6, 6.07) is 5.23. The van der Waals surface area contributed by atoms with Gasteiger partial charge in [-0.1, -0.05) is 30.3 Å². The maximum Gasteiger partial charge on any atom is 0.325 e. The van der Waals surface area contributed by atoms with Crippen LogP contribution in [0.4, 0.5) is 21.4 Å². The standard InChI is InChI=1S/C33H45N11O7/c1-41-9-7-19(13-41)36-32(50)37-20-8-10-42(14-20)31-39-28(35-21(15-45)11-18-5-3-2-4-6-18)25-29(40-31)43(17-34-25)23-12-24(27(48)26(23)47)44-30(49)22(16-46)38-33(44)51/h2-6,17,19-24,26-27,45-48H,7-16H2,1H3,(H,38,51)(H,35,39,40)(H2,36,37,50)/t19-,20-,21+,22-,23-,24+,26+,27-/m1/s1. The Hall–Kier alpha value is -4.62. The number of likely N-dealkylation sites (N-methyl/N-ethyl adjacent to an activating group) is 1. The van der Waals surface area contributed by atoms with Crippen molar-refractivity contribution >= 4 is 40.9 Å². The molecule has 18 nitrogen and oxygen atoms in total. The number of carbonyl (C=O) groups is 3. The summed E-state index contributed by atoms with van der Waals surface area (Å²) < 4.78 is 1.62. The van der Waals surface area contributed by atoms with Gasteiger partial charge >= 0.3 is 12.1 Å². The highest BCUT2D eigenvalue weighted by molar-refractivity contribution is 6.04. The van der Waals surface area contributed by atoms with Crippen LogP contribution in [0.15, 0.2) is 36.7 Å². The molecule has 18 heteroatoms. The Morgan fingerprint density at radius 2 is 1.73 bits per heavy atom. The highest BCUT2D eigenvalue weighted by Crippen LogP contribution is 2.38. The van der Waals surface area contributed by atoms with Gasteiger partial charge in [0.25, 0.3) is 5.91 Å². The summed E-state index contributed by atoms with van der Waals surface area (Å²) in [5, 5.41) is 54.1. The third kappa shape index (κ3) is 7.01. The molecular formula is C33H45N11O7. The number of nitrogens with one attached hydrogen (secondary N) is 4. The number of aliphatic hydroxyl groups is 4. The summed E-state index contributed by atoms with van der Waals surface area (Å²) in [4.78, 5) is 57.7. The number of aliphatic hydroxyl groups excluding tert-OH is 4. The molecule has 3 saturated heterocycles. The number of anilines is 2. The number of rotatable bonds is 11. The maximum atomic E-state index is 12.9. The molecule has 1 saturated carbocycles. The molecule has 2 aromatic heterocycles. The third-order valence-electron chi connectivity index (χ3n) is 10.4. The van der Waals surface area contributed by atoms with E-state index in [1.54, 1.807) is 4.57 Å². The molecule has 4 aliphatic rings. The van der Waals surface area contributed by atoms with Crippen LogP contribution in [0, 0.1) is 0 Å². The molecule has 8 N–H and O–H groups in total. The van der Waals surface area contributed by atoms with E-state index in [2.05, 4.69) is 31.2 Å². The van der Waals surface area contributed by atoms with Crippen LogP contribution in [0.2, 0.25) is 0 Å². The fourth-order valence-electron chi connectivity index (χ4n) is 7.67. The van der Waals surface area contributed by atoms with Crippen LogP contribution in [0.5, 0.6) is 0 Å². The van der Waals surface area contributed by atoms with E-state index in [1.165, 1.54) is 6.33 Å². The minimum Gasteiger partial charge on any atom is -0.394 e. The molecule has 3 aromatic rings. The van der Waals surface area contributed by atoms with Gasteiger partial charge in [-0.3, -0.25) is 9.69 Å². The number of imide groups is 1. The maximum absolute atomic E-state index is 12.9. The molecular weight excluding hydrogens is 662 g/mol. The Labute approximate surface area is 293 Å². The summed E-state index contributed by atoms with van der Waals surface area (Å²) in [5.74, 6) is 0.0170. The van der Waals surface area contributed by atoms with Gasteiger partial charge in [-0.25, -0.2) is 14.6 Å². The predicted octanol–water partition coefficient (Wildman–Crippen LogP) is -1.63. The van der Waals surface area contributed by atoms with Crippen LogP contribution in [-0.4, -0.2) is 157 Å². The molecule has 0 spiro atoms. The fraction of sp³-hybridized carbons (Fsp3) is 0.576. The lowest BCUT2D eigenvalue weighted by atomic mass is 10.1. The van der Waals surface area contributed by atoms with Crippen LogP contribution in [0.3, 0.4) is 0 Å². The van der Waals surface area contributed by atoms with Crippen molar-refractivity contribution in [3.8, 4) is 0 Å². The van der Waals surface area contributed by atoms with Crippen molar-refractivity contribution in [1.82, 2.24) is 45.3 Å². The summed E-state index contributed by atoms with van der Waals surface area (Å²) in [6.07, 6.45) is 0.671. The second-order valence-corrected chi connectivity index (χ2v) is 14.0. The molecule has 51 heavy (non-hydrogen) atoms. The van der Waals surface area contributed by atoms with Crippen LogP contribution >= 0.6 is 0 Å².